The largest absolute Gasteiger partial charge is 0.493 e. The van der Waals surface area contributed by atoms with E-state index in [4.69, 9.17) is 9.47 Å². The van der Waals surface area contributed by atoms with Gasteiger partial charge in [-0.3, -0.25) is 0 Å². The Kier molecular flexibility index (Phi) is 5.23. The van der Waals surface area contributed by atoms with Crippen LogP contribution in [0.3, 0.4) is 0 Å². The summed E-state index contributed by atoms with van der Waals surface area (Å²) in [7, 11) is 3.60. The lowest BCUT2D eigenvalue weighted by Crippen LogP contribution is -2.23. The van der Waals surface area contributed by atoms with Gasteiger partial charge in [-0.25, -0.2) is 0 Å². The van der Waals surface area contributed by atoms with Gasteiger partial charge in [0.05, 0.1) is 13.2 Å². The molecule has 3 heteroatoms. The maximum atomic E-state index is 5.92. The zero-order valence-electron chi connectivity index (χ0n) is 13.1. The molecule has 112 valence electrons. The molecular formula is C18H23NO2. The Morgan fingerprint density at radius 1 is 1.00 bits per heavy atom. The van der Waals surface area contributed by atoms with Crippen LogP contribution >= 0.6 is 0 Å². The van der Waals surface area contributed by atoms with Crippen molar-refractivity contribution >= 4 is 0 Å². The Morgan fingerprint density at radius 3 is 2.33 bits per heavy atom. The summed E-state index contributed by atoms with van der Waals surface area (Å²) in [5, 5.41) is 3.31. The molecule has 0 saturated carbocycles. The first-order valence-electron chi connectivity index (χ1n) is 7.16. The number of benzene rings is 2. The van der Waals surface area contributed by atoms with E-state index in [0.29, 0.717) is 6.61 Å². The predicted octanol–water partition coefficient (Wildman–Crippen LogP) is 3.65. The highest BCUT2D eigenvalue weighted by molar-refractivity contribution is 5.39. The first-order chi connectivity index (χ1) is 10.2. The lowest BCUT2D eigenvalue weighted by molar-refractivity contribution is 0.259. The number of aryl methyl sites for hydroxylation is 2. The smallest absolute Gasteiger partial charge is 0.161 e. The van der Waals surface area contributed by atoms with Crippen molar-refractivity contribution < 1.29 is 9.47 Å². The van der Waals surface area contributed by atoms with Gasteiger partial charge in [0.25, 0.3) is 0 Å². The molecule has 0 spiro atoms. The molecule has 2 aromatic rings. The number of hydrogen-bond donors (Lipinski definition) is 1. The molecule has 0 aromatic heterocycles. The average molecular weight is 285 g/mol. The molecule has 1 unspecified atom stereocenters. The highest BCUT2D eigenvalue weighted by Gasteiger charge is 2.12. The maximum Gasteiger partial charge on any atom is 0.161 e. The van der Waals surface area contributed by atoms with Gasteiger partial charge in [0.15, 0.2) is 11.5 Å². The van der Waals surface area contributed by atoms with Crippen LogP contribution in [0.5, 0.6) is 11.5 Å². The molecule has 1 atom stereocenters. The van der Waals surface area contributed by atoms with Crippen molar-refractivity contribution in [2.75, 3.05) is 20.8 Å². The molecule has 0 amide bonds. The van der Waals surface area contributed by atoms with Crippen molar-refractivity contribution in [1.82, 2.24) is 5.32 Å². The minimum Gasteiger partial charge on any atom is -0.493 e. The number of ether oxygens (including phenoxy) is 2. The molecular weight excluding hydrogens is 262 g/mol. The second-order valence-corrected chi connectivity index (χ2v) is 5.15. The van der Waals surface area contributed by atoms with E-state index in [9.17, 15) is 0 Å². The highest BCUT2D eigenvalue weighted by atomic mass is 16.5. The third kappa shape index (κ3) is 3.76. The summed E-state index contributed by atoms with van der Waals surface area (Å²) in [6, 6.07) is 14.4. The van der Waals surface area contributed by atoms with Gasteiger partial charge in [0.2, 0.25) is 0 Å². The van der Waals surface area contributed by atoms with Gasteiger partial charge < -0.3 is 14.8 Å². The molecule has 0 saturated heterocycles. The van der Waals surface area contributed by atoms with E-state index in [1.54, 1.807) is 7.11 Å². The topological polar surface area (TPSA) is 30.5 Å². The molecule has 0 heterocycles. The van der Waals surface area contributed by atoms with Crippen LogP contribution in [0.4, 0.5) is 0 Å². The number of rotatable bonds is 6. The fraction of sp³-hybridized carbons (Fsp3) is 0.333. The van der Waals surface area contributed by atoms with Crippen molar-refractivity contribution in [3.8, 4) is 11.5 Å². The van der Waals surface area contributed by atoms with Crippen molar-refractivity contribution in [1.29, 1.82) is 0 Å². The summed E-state index contributed by atoms with van der Waals surface area (Å²) in [5.41, 5.74) is 3.83. The van der Waals surface area contributed by atoms with E-state index in [1.165, 1.54) is 16.7 Å². The van der Waals surface area contributed by atoms with E-state index in [2.05, 4.69) is 37.4 Å². The minimum atomic E-state index is 0.147. The molecule has 0 bridgehead atoms. The number of nitrogens with one attached hydrogen (secondary N) is 1. The molecule has 0 aliphatic rings. The summed E-state index contributed by atoms with van der Waals surface area (Å²) in [6.07, 6.45) is 0. The molecule has 0 aliphatic carbocycles. The lowest BCUT2D eigenvalue weighted by Gasteiger charge is -2.19. The monoisotopic (exact) mass is 285 g/mol. The highest BCUT2D eigenvalue weighted by Crippen LogP contribution is 2.27. The predicted molar refractivity (Wildman–Crippen MR) is 86.2 cm³/mol. The van der Waals surface area contributed by atoms with Crippen molar-refractivity contribution in [3.63, 3.8) is 0 Å². The number of para-hydroxylation sites is 2. The fourth-order valence-electron chi connectivity index (χ4n) is 2.24. The summed E-state index contributed by atoms with van der Waals surface area (Å²) in [4.78, 5) is 0. The van der Waals surface area contributed by atoms with E-state index in [1.807, 2.05) is 31.3 Å². The number of hydrogen-bond acceptors (Lipinski definition) is 3. The molecule has 0 fully saturated rings. The molecule has 2 rings (SSSR count). The van der Waals surface area contributed by atoms with E-state index in [-0.39, 0.29) is 6.04 Å². The molecule has 0 aliphatic heterocycles. The molecule has 0 radical (unpaired) electrons. The van der Waals surface area contributed by atoms with Crippen LogP contribution < -0.4 is 14.8 Å². The second kappa shape index (κ2) is 7.14. The normalized spacial score (nSPS) is 12.0. The first-order valence-corrected chi connectivity index (χ1v) is 7.16. The minimum absolute atomic E-state index is 0.147. The summed E-state index contributed by atoms with van der Waals surface area (Å²) in [6.45, 7) is 4.81. The van der Waals surface area contributed by atoms with E-state index >= 15 is 0 Å². The van der Waals surface area contributed by atoms with Crippen LogP contribution in [0.1, 0.15) is 22.7 Å². The van der Waals surface area contributed by atoms with Crippen LogP contribution in [-0.4, -0.2) is 20.8 Å². The van der Waals surface area contributed by atoms with E-state index < -0.39 is 0 Å². The van der Waals surface area contributed by atoms with Crippen molar-refractivity contribution in [2.45, 2.75) is 19.9 Å². The Labute approximate surface area is 126 Å². The number of methoxy groups -OCH3 is 1. The molecule has 21 heavy (non-hydrogen) atoms. The van der Waals surface area contributed by atoms with Gasteiger partial charge in [0, 0.05) is 0 Å². The standard InChI is InChI=1S/C18H23NO2/c1-13-9-10-15(11-14(13)2)16(19-3)12-21-18-8-6-5-7-17(18)20-4/h5-11,16,19H,12H2,1-4H3. The third-order valence-electron chi connectivity index (χ3n) is 3.76. The van der Waals surface area contributed by atoms with Gasteiger partial charge in [0.1, 0.15) is 6.61 Å². The lowest BCUT2D eigenvalue weighted by atomic mass is 10.0. The zero-order chi connectivity index (χ0) is 15.2. The van der Waals surface area contributed by atoms with Gasteiger partial charge in [-0.05, 0) is 49.7 Å². The third-order valence-corrected chi connectivity index (χ3v) is 3.76. The van der Waals surface area contributed by atoms with Crippen LogP contribution in [0.2, 0.25) is 0 Å². The quantitative estimate of drug-likeness (QED) is 0.878. The molecule has 3 nitrogen and oxygen atoms in total. The van der Waals surface area contributed by atoms with Gasteiger partial charge in [-0.2, -0.15) is 0 Å². The molecule has 2 aromatic carbocycles. The second-order valence-electron chi connectivity index (χ2n) is 5.15. The maximum absolute atomic E-state index is 5.92. The summed E-state index contributed by atoms with van der Waals surface area (Å²) >= 11 is 0. The van der Waals surface area contributed by atoms with Gasteiger partial charge >= 0.3 is 0 Å². The Morgan fingerprint density at radius 2 is 1.71 bits per heavy atom. The van der Waals surface area contributed by atoms with Crippen LogP contribution in [-0.2, 0) is 0 Å². The van der Waals surface area contributed by atoms with Crippen LogP contribution in [0.25, 0.3) is 0 Å². The Hall–Kier alpha value is -2.00. The van der Waals surface area contributed by atoms with E-state index in [0.717, 1.165) is 11.5 Å². The van der Waals surface area contributed by atoms with Crippen molar-refractivity contribution in [3.05, 3.63) is 59.2 Å². The van der Waals surface area contributed by atoms with Crippen LogP contribution in [0, 0.1) is 13.8 Å². The van der Waals surface area contributed by atoms with Gasteiger partial charge in [-0.1, -0.05) is 30.3 Å². The first kappa shape index (κ1) is 15.4. The summed E-state index contributed by atoms with van der Waals surface area (Å²) in [5.74, 6) is 1.52. The Balaban J connectivity index is 2.10. The Bertz CT molecular complexity index is 596. The zero-order valence-corrected chi connectivity index (χ0v) is 13.1. The van der Waals surface area contributed by atoms with Gasteiger partial charge in [-0.15, -0.1) is 0 Å². The average Bonchev–Trinajstić information content (AvgIpc) is 2.51. The SMILES string of the molecule is CNC(COc1ccccc1OC)c1ccc(C)c(C)c1. The molecule has 1 N–H and O–H groups in total. The summed E-state index contributed by atoms with van der Waals surface area (Å²) < 4.78 is 11.2. The fourth-order valence-corrected chi connectivity index (χ4v) is 2.24. The number of likely N-dealkylation sites (N-methyl/N-ethyl adjacent to an activating group) is 1. The van der Waals surface area contributed by atoms with Crippen LogP contribution in [0.15, 0.2) is 42.5 Å². The van der Waals surface area contributed by atoms with Crippen molar-refractivity contribution in [2.24, 2.45) is 0 Å².